The summed E-state index contributed by atoms with van der Waals surface area (Å²) in [4.78, 5) is 0.178. The molecule has 0 fully saturated rings. The Bertz CT molecular complexity index is 436. The van der Waals surface area contributed by atoms with Crippen LogP contribution >= 0.6 is 0 Å². The number of hydrogen-bond donors (Lipinski definition) is 0. The van der Waals surface area contributed by atoms with E-state index in [0.717, 1.165) is 5.56 Å². The monoisotopic (exact) mass is 258 g/mol. The Morgan fingerprint density at radius 1 is 1.24 bits per heavy atom. The van der Waals surface area contributed by atoms with Crippen LogP contribution in [0.4, 0.5) is 0 Å². The predicted octanol–water partition coefficient (Wildman–Crippen LogP) is 2.13. The van der Waals surface area contributed by atoms with Crippen LogP contribution in [0.1, 0.15) is 18.9 Å². The third-order valence-corrected chi connectivity index (χ3v) is 3.76. The largest absolute Gasteiger partial charge is 0.382 e. The highest BCUT2D eigenvalue weighted by molar-refractivity contribution is 7.86. The molecule has 1 atom stereocenters. The van der Waals surface area contributed by atoms with Crippen molar-refractivity contribution in [3.8, 4) is 0 Å². The molecular formula is C12H18O4S. The normalized spacial score (nSPS) is 13.6. The zero-order chi connectivity index (χ0) is 12.9. The summed E-state index contributed by atoms with van der Waals surface area (Å²) >= 11 is 0. The van der Waals surface area contributed by atoms with Gasteiger partial charge in [-0.1, -0.05) is 24.6 Å². The Balaban J connectivity index is 2.84. The average molecular weight is 258 g/mol. The molecule has 0 N–H and O–H groups in total. The van der Waals surface area contributed by atoms with Gasteiger partial charge in [-0.15, -0.1) is 0 Å². The first-order chi connectivity index (χ1) is 7.99. The quantitative estimate of drug-likeness (QED) is 0.733. The minimum Gasteiger partial charge on any atom is -0.382 e. The van der Waals surface area contributed by atoms with Crippen LogP contribution in [0.15, 0.2) is 29.2 Å². The second-order valence-electron chi connectivity index (χ2n) is 3.85. The lowest BCUT2D eigenvalue weighted by molar-refractivity contribution is 0.0830. The molecule has 4 nitrogen and oxygen atoms in total. The lowest BCUT2D eigenvalue weighted by Gasteiger charge is -2.14. The molecule has 0 aliphatic carbocycles. The number of methoxy groups -OCH3 is 1. The molecule has 0 bridgehead atoms. The van der Waals surface area contributed by atoms with Gasteiger partial charge in [0.15, 0.2) is 0 Å². The van der Waals surface area contributed by atoms with Crippen LogP contribution in [0.25, 0.3) is 0 Å². The summed E-state index contributed by atoms with van der Waals surface area (Å²) < 4.78 is 33.8. The molecule has 0 aliphatic rings. The number of ether oxygens (including phenoxy) is 1. The van der Waals surface area contributed by atoms with E-state index < -0.39 is 16.2 Å². The van der Waals surface area contributed by atoms with Gasteiger partial charge in [0.2, 0.25) is 0 Å². The van der Waals surface area contributed by atoms with E-state index in [9.17, 15) is 8.42 Å². The number of aryl methyl sites for hydroxylation is 1. The maximum atomic E-state index is 11.9. The molecule has 5 heteroatoms. The molecule has 1 rings (SSSR count). The molecule has 0 saturated heterocycles. The van der Waals surface area contributed by atoms with Gasteiger partial charge in [-0.05, 0) is 25.5 Å². The van der Waals surface area contributed by atoms with Crippen molar-refractivity contribution in [2.24, 2.45) is 0 Å². The van der Waals surface area contributed by atoms with Crippen molar-refractivity contribution in [3.05, 3.63) is 29.8 Å². The van der Waals surface area contributed by atoms with Gasteiger partial charge in [-0.25, -0.2) is 0 Å². The van der Waals surface area contributed by atoms with Crippen LogP contribution in [-0.2, 0) is 19.0 Å². The highest BCUT2D eigenvalue weighted by Gasteiger charge is 2.20. The third kappa shape index (κ3) is 4.11. The van der Waals surface area contributed by atoms with Crippen molar-refractivity contribution in [2.75, 3.05) is 13.7 Å². The second-order valence-corrected chi connectivity index (χ2v) is 5.42. The second kappa shape index (κ2) is 6.14. The molecule has 0 aliphatic heterocycles. The maximum Gasteiger partial charge on any atom is 0.297 e. The van der Waals surface area contributed by atoms with Crippen LogP contribution in [0.2, 0.25) is 0 Å². The number of benzene rings is 1. The highest BCUT2D eigenvalue weighted by atomic mass is 32.2. The van der Waals surface area contributed by atoms with Crippen molar-refractivity contribution < 1.29 is 17.3 Å². The Hall–Kier alpha value is -0.910. The van der Waals surface area contributed by atoms with E-state index in [4.69, 9.17) is 8.92 Å². The van der Waals surface area contributed by atoms with E-state index >= 15 is 0 Å². The molecular weight excluding hydrogens is 240 g/mol. The fraction of sp³-hybridized carbons (Fsp3) is 0.500. The van der Waals surface area contributed by atoms with Crippen molar-refractivity contribution in [3.63, 3.8) is 0 Å². The van der Waals surface area contributed by atoms with Crippen molar-refractivity contribution in [1.29, 1.82) is 0 Å². The van der Waals surface area contributed by atoms with E-state index in [-0.39, 0.29) is 11.5 Å². The lowest BCUT2D eigenvalue weighted by Crippen LogP contribution is -2.22. The molecule has 0 saturated carbocycles. The van der Waals surface area contributed by atoms with E-state index in [2.05, 4.69) is 0 Å². The van der Waals surface area contributed by atoms with Gasteiger partial charge in [-0.3, -0.25) is 4.18 Å². The van der Waals surface area contributed by atoms with Crippen LogP contribution in [-0.4, -0.2) is 28.2 Å². The Labute approximate surface area is 103 Å². The van der Waals surface area contributed by atoms with Gasteiger partial charge >= 0.3 is 0 Å². The molecule has 17 heavy (non-hydrogen) atoms. The van der Waals surface area contributed by atoms with Gasteiger partial charge in [-0.2, -0.15) is 8.42 Å². The van der Waals surface area contributed by atoms with Gasteiger partial charge in [0, 0.05) is 7.11 Å². The fourth-order valence-corrected chi connectivity index (χ4v) is 2.47. The van der Waals surface area contributed by atoms with E-state index in [0.29, 0.717) is 6.42 Å². The zero-order valence-corrected chi connectivity index (χ0v) is 11.2. The molecule has 0 amide bonds. The summed E-state index contributed by atoms with van der Waals surface area (Å²) in [6.45, 7) is 4.02. The Kier molecular flexibility index (Phi) is 5.11. The molecule has 0 radical (unpaired) electrons. The van der Waals surface area contributed by atoms with Gasteiger partial charge in [0.05, 0.1) is 11.5 Å². The number of hydrogen-bond acceptors (Lipinski definition) is 4. The van der Waals surface area contributed by atoms with Crippen molar-refractivity contribution >= 4 is 10.1 Å². The first-order valence-electron chi connectivity index (χ1n) is 5.48. The smallest absolute Gasteiger partial charge is 0.297 e. The maximum absolute atomic E-state index is 11.9. The molecule has 1 aromatic rings. The van der Waals surface area contributed by atoms with Crippen LogP contribution in [0, 0.1) is 6.92 Å². The predicted molar refractivity (Wildman–Crippen MR) is 65.4 cm³/mol. The van der Waals surface area contributed by atoms with Gasteiger partial charge in [0.1, 0.15) is 6.10 Å². The molecule has 1 aromatic carbocycles. The first kappa shape index (κ1) is 14.2. The Morgan fingerprint density at radius 3 is 2.29 bits per heavy atom. The summed E-state index contributed by atoms with van der Waals surface area (Å²) in [6, 6.07) is 6.58. The van der Waals surface area contributed by atoms with E-state index in [1.54, 1.807) is 24.3 Å². The van der Waals surface area contributed by atoms with Gasteiger partial charge in [0.25, 0.3) is 10.1 Å². The van der Waals surface area contributed by atoms with E-state index in [1.807, 2.05) is 13.8 Å². The molecule has 0 aromatic heterocycles. The summed E-state index contributed by atoms with van der Waals surface area (Å²) in [5, 5.41) is 0. The SMILES string of the molecule is CC[C@H](COC)OS(=O)(=O)c1ccc(C)cc1. The third-order valence-electron chi connectivity index (χ3n) is 2.38. The summed E-state index contributed by atoms with van der Waals surface area (Å²) in [5.41, 5.74) is 1.01. The summed E-state index contributed by atoms with van der Waals surface area (Å²) in [5.74, 6) is 0. The topological polar surface area (TPSA) is 52.6 Å². The lowest BCUT2D eigenvalue weighted by atomic mass is 10.2. The number of rotatable bonds is 6. The highest BCUT2D eigenvalue weighted by Crippen LogP contribution is 2.16. The fourth-order valence-electron chi connectivity index (χ4n) is 1.34. The molecule has 0 heterocycles. The average Bonchev–Trinajstić information content (AvgIpc) is 2.28. The molecule has 0 unspecified atom stereocenters. The molecule has 96 valence electrons. The van der Waals surface area contributed by atoms with Crippen molar-refractivity contribution in [2.45, 2.75) is 31.3 Å². The van der Waals surface area contributed by atoms with E-state index in [1.165, 1.54) is 7.11 Å². The summed E-state index contributed by atoms with van der Waals surface area (Å²) in [6.07, 6.45) is 0.144. The first-order valence-corrected chi connectivity index (χ1v) is 6.89. The van der Waals surface area contributed by atoms with Gasteiger partial charge < -0.3 is 4.74 Å². The minimum atomic E-state index is -3.69. The molecule has 0 spiro atoms. The van der Waals surface area contributed by atoms with Crippen LogP contribution in [0.3, 0.4) is 0 Å². The standard InChI is InChI=1S/C12H18O4S/c1-4-11(9-15-3)16-17(13,14)12-7-5-10(2)6-8-12/h5-8,11H,4,9H2,1-3H3/t11-/m1/s1. The van der Waals surface area contributed by atoms with Crippen LogP contribution in [0.5, 0.6) is 0 Å². The van der Waals surface area contributed by atoms with Crippen molar-refractivity contribution in [1.82, 2.24) is 0 Å². The zero-order valence-electron chi connectivity index (χ0n) is 10.3. The summed E-state index contributed by atoms with van der Waals surface area (Å²) in [7, 11) is -2.17. The minimum absolute atomic E-state index is 0.178. The Morgan fingerprint density at radius 2 is 1.82 bits per heavy atom. The van der Waals surface area contributed by atoms with Crippen LogP contribution < -0.4 is 0 Å².